The minimum absolute atomic E-state index is 0.363. The lowest BCUT2D eigenvalue weighted by atomic mass is 9.86. The van der Waals surface area contributed by atoms with Crippen LogP contribution in [0.4, 0.5) is 0 Å². The molecule has 0 saturated heterocycles. The number of rotatable bonds is 6. The van der Waals surface area contributed by atoms with Gasteiger partial charge in [0.1, 0.15) is 17.0 Å². The smallest absolute Gasteiger partial charge is 0.122 e. The lowest BCUT2D eigenvalue weighted by Gasteiger charge is -2.28. The van der Waals surface area contributed by atoms with Crippen LogP contribution in [0.2, 0.25) is 0 Å². The van der Waals surface area contributed by atoms with Crippen LogP contribution in [-0.4, -0.2) is 26.3 Å². The van der Waals surface area contributed by atoms with Crippen molar-refractivity contribution < 1.29 is 9.47 Å². The Bertz CT molecular complexity index is 484. The molecule has 1 aliphatic carbocycles. The van der Waals surface area contributed by atoms with Gasteiger partial charge in [-0.05, 0) is 44.4 Å². The van der Waals surface area contributed by atoms with Gasteiger partial charge in [0.15, 0.2) is 0 Å². The normalized spacial score (nSPS) is 25.1. The molecule has 1 aromatic rings. The summed E-state index contributed by atoms with van der Waals surface area (Å²) in [6.07, 6.45) is 4.03. The van der Waals surface area contributed by atoms with Gasteiger partial charge in [-0.2, -0.15) is 5.26 Å². The predicted molar refractivity (Wildman–Crippen MR) is 77.9 cm³/mol. The average Bonchev–Trinajstić information content (AvgIpc) is 2.91. The van der Waals surface area contributed by atoms with Crippen molar-refractivity contribution >= 4 is 0 Å². The Kier molecular flexibility index (Phi) is 4.86. The average molecular weight is 274 g/mol. The fourth-order valence-corrected chi connectivity index (χ4v) is 3.01. The predicted octanol–water partition coefficient (Wildman–Crippen LogP) is 2.75. The number of ether oxygens (including phenoxy) is 2. The van der Waals surface area contributed by atoms with Crippen LogP contribution in [0.25, 0.3) is 0 Å². The molecule has 0 spiro atoms. The zero-order chi connectivity index (χ0) is 14.4. The second kappa shape index (κ2) is 6.62. The van der Waals surface area contributed by atoms with Crippen molar-refractivity contribution in [3.8, 4) is 17.6 Å². The maximum absolute atomic E-state index is 9.40. The van der Waals surface area contributed by atoms with Crippen molar-refractivity contribution in [3.05, 3.63) is 24.3 Å². The highest BCUT2D eigenvalue weighted by Gasteiger charge is 2.41. The number of hydrogen-bond donors (Lipinski definition) is 1. The lowest BCUT2D eigenvalue weighted by Crippen LogP contribution is -2.45. The molecule has 2 unspecified atom stereocenters. The second-order valence-corrected chi connectivity index (χ2v) is 5.24. The Morgan fingerprint density at radius 1 is 1.45 bits per heavy atom. The number of nitrogens with one attached hydrogen (secondary N) is 1. The SMILES string of the molecule is CNC1(C#N)CCCC1CCOc1cccc(OC)c1. The van der Waals surface area contributed by atoms with Crippen LogP contribution in [0.5, 0.6) is 11.5 Å². The number of nitrogens with zero attached hydrogens (tertiary/aromatic N) is 1. The first-order chi connectivity index (χ1) is 9.74. The summed E-state index contributed by atoms with van der Waals surface area (Å²) in [6.45, 7) is 0.628. The molecule has 1 aliphatic rings. The fourth-order valence-electron chi connectivity index (χ4n) is 3.01. The maximum Gasteiger partial charge on any atom is 0.122 e. The van der Waals surface area contributed by atoms with Crippen molar-refractivity contribution in [2.45, 2.75) is 31.2 Å². The third-order valence-corrected chi connectivity index (χ3v) is 4.24. The molecule has 108 valence electrons. The van der Waals surface area contributed by atoms with E-state index in [0.717, 1.165) is 37.2 Å². The molecule has 1 fully saturated rings. The molecule has 0 bridgehead atoms. The third kappa shape index (κ3) is 3.05. The highest BCUT2D eigenvalue weighted by Crippen LogP contribution is 2.37. The Morgan fingerprint density at radius 2 is 2.25 bits per heavy atom. The van der Waals surface area contributed by atoms with Crippen LogP contribution < -0.4 is 14.8 Å². The zero-order valence-electron chi connectivity index (χ0n) is 12.2. The van der Waals surface area contributed by atoms with Crippen LogP contribution in [0.1, 0.15) is 25.7 Å². The summed E-state index contributed by atoms with van der Waals surface area (Å²) in [5.74, 6) is 1.97. The van der Waals surface area contributed by atoms with Gasteiger partial charge in [0.2, 0.25) is 0 Å². The van der Waals surface area contributed by atoms with Crippen LogP contribution >= 0.6 is 0 Å². The fraction of sp³-hybridized carbons (Fsp3) is 0.562. The number of methoxy groups -OCH3 is 1. The third-order valence-electron chi connectivity index (χ3n) is 4.24. The molecule has 0 radical (unpaired) electrons. The van der Waals surface area contributed by atoms with Crippen LogP contribution in [0.3, 0.4) is 0 Å². The van der Waals surface area contributed by atoms with Crippen molar-refractivity contribution in [1.82, 2.24) is 5.32 Å². The molecule has 1 aromatic carbocycles. The molecule has 2 atom stereocenters. The Balaban J connectivity index is 1.88. The first-order valence-electron chi connectivity index (χ1n) is 7.11. The van der Waals surface area contributed by atoms with Gasteiger partial charge in [0.05, 0.1) is 19.8 Å². The van der Waals surface area contributed by atoms with E-state index in [1.54, 1.807) is 7.11 Å². The molecule has 0 heterocycles. The molecule has 1 N–H and O–H groups in total. The summed E-state index contributed by atoms with van der Waals surface area (Å²) in [7, 11) is 3.52. The second-order valence-electron chi connectivity index (χ2n) is 5.24. The van der Waals surface area contributed by atoms with Gasteiger partial charge in [-0.25, -0.2) is 0 Å². The van der Waals surface area contributed by atoms with E-state index in [2.05, 4.69) is 11.4 Å². The first kappa shape index (κ1) is 14.7. The molecule has 20 heavy (non-hydrogen) atoms. The van der Waals surface area contributed by atoms with Crippen molar-refractivity contribution in [3.63, 3.8) is 0 Å². The van der Waals surface area contributed by atoms with E-state index >= 15 is 0 Å². The summed E-state index contributed by atoms with van der Waals surface area (Å²) in [6, 6.07) is 10.1. The van der Waals surface area contributed by atoms with Crippen molar-refractivity contribution in [2.24, 2.45) is 5.92 Å². The molecular formula is C16H22N2O2. The number of hydrogen-bond acceptors (Lipinski definition) is 4. The Labute approximate surface area is 120 Å². The topological polar surface area (TPSA) is 54.3 Å². The molecule has 4 heteroatoms. The summed E-state index contributed by atoms with van der Waals surface area (Å²) in [5, 5.41) is 12.6. The number of benzene rings is 1. The highest BCUT2D eigenvalue weighted by atomic mass is 16.5. The maximum atomic E-state index is 9.40. The first-order valence-corrected chi connectivity index (χ1v) is 7.11. The van der Waals surface area contributed by atoms with E-state index in [4.69, 9.17) is 9.47 Å². The quantitative estimate of drug-likeness (QED) is 0.866. The molecule has 4 nitrogen and oxygen atoms in total. The van der Waals surface area contributed by atoms with Gasteiger partial charge in [-0.1, -0.05) is 12.5 Å². The van der Waals surface area contributed by atoms with Gasteiger partial charge in [-0.15, -0.1) is 0 Å². The van der Waals surface area contributed by atoms with E-state index in [9.17, 15) is 5.26 Å². The van der Waals surface area contributed by atoms with Crippen LogP contribution in [0.15, 0.2) is 24.3 Å². The van der Waals surface area contributed by atoms with Gasteiger partial charge in [-0.3, -0.25) is 0 Å². The van der Waals surface area contributed by atoms with Gasteiger partial charge in [0.25, 0.3) is 0 Å². The van der Waals surface area contributed by atoms with Gasteiger partial charge in [0, 0.05) is 6.07 Å². The largest absolute Gasteiger partial charge is 0.497 e. The van der Waals surface area contributed by atoms with Crippen molar-refractivity contribution in [1.29, 1.82) is 5.26 Å². The van der Waals surface area contributed by atoms with E-state index in [0.29, 0.717) is 12.5 Å². The van der Waals surface area contributed by atoms with E-state index in [1.807, 2.05) is 31.3 Å². The highest BCUT2D eigenvalue weighted by molar-refractivity contribution is 5.32. The lowest BCUT2D eigenvalue weighted by molar-refractivity contribution is 0.238. The minimum atomic E-state index is -0.363. The summed E-state index contributed by atoms with van der Waals surface area (Å²) < 4.78 is 10.9. The molecule has 0 aliphatic heterocycles. The molecule has 0 aromatic heterocycles. The molecule has 1 saturated carbocycles. The summed E-state index contributed by atoms with van der Waals surface area (Å²) >= 11 is 0. The summed E-state index contributed by atoms with van der Waals surface area (Å²) in [4.78, 5) is 0. The molecule has 2 rings (SSSR count). The van der Waals surface area contributed by atoms with Gasteiger partial charge < -0.3 is 14.8 Å². The van der Waals surface area contributed by atoms with E-state index in [-0.39, 0.29) is 5.54 Å². The summed E-state index contributed by atoms with van der Waals surface area (Å²) in [5.41, 5.74) is -0.363. The molecule has 0 amide bonds. The number of nitriles is 1. The Hall–Kier alpha value is -1.73. The standard InChI is InChI=1S/C16H22N2O2/c1-18-16(12-17)9-4-5-13(16)8-10-20-15-7-3-6-14(11-15)19-2/h3,6-7,11,13,18H,4-5,8-10H2,1-2H3. The van der Waals surface area contributed by atoms with Gasteiger partial charge >= 0.3 is 0 Å². The van der Waals surface area contributed by atoms with Crippen molar-refractivity contribution in [2.75, 3.05) is 20.8 Å². The Morgan fingerprint density at radius 3 is 2.95 bits per heavy atom. The molecular weight excluding hydrogens is 252 g/mol. The monoisotopic (exact) mass is 274 g/mol. The van der Waals surface area contributed by atoms with E-state index in [1.165, 1.54) is 0 Å². The van der Waals surface area contributed by atoms with E-state index < -0.39 is 0 Å². The minimum Gasteiger partial charge on any atom is -0.497 e. The van der Waals surface area contributed by atoms with Crippen LogP contribution in [0, 0.1) is 17.2 Å². The van der Waals surface area contributed by atoms with Crippen LogP contribution in [-0.2, 0) is 0 Å². The zero-order valence-corrected chi connectivity index (χ0v) is 12.2.